The Morgan fingerprint density at radius 2 is 1.73 bits per heavy atom. The standard InChI is InChI=1S/C18H13BrN2O/c1-11-2-7-14-15(10-11)21-18(20-14)17-9-8-16(22-17)12-3-5-13(19)6-4-12/h2-10H,1H3,(H,20,21). The first kappa shape index (κ1) is 13.3. The fourth-order valence-corrected chi connectivity index (χ4v) is 2.74. The van der Waals surface area contributed by atoms with E-state index in [0.29, 0.717) is 0 Å². The van der Waals surface area contributed by atoms with E-state index in [1.165, 1.54) is 5.56 Å². The van der Waals surface area contributed by atoms with Gasteiger partial charge in [0, 0.05) is 10.0 Å². The van der Waals surface area contributed by atoms with Crippen molar-refractivity contribution in [1.82, 2.24) is 9.97 Å². The Labute approximate surface area is 136 Å². The van der Waals surface area contributed by atoms with Gasteiger partial charge >= 0.3 is 0 Å². The average Bonchev–Trinajstić information content (AvgIpc) is 3.13. The first-order valence-electron chi connectivity index (χ1n) is 7.01. The number of furan rings is 1. The van der Waals surface area contributed by atoms with E-state index in [4.69, 9.17) is 4.42 Å². The minimum absolute atomic E-state index is 0.742. The van der Waals surface area contributed by atoms with E-state index in [2.05, 4.69) is 45.0 Å². The van der Waals surface area contributed by atoms with Gasteiger partial charge in [0.1, 0.15) is 5.76 Å². The molecular weight excluding hydrogens is 340 g/mol. The number of aryl methyl sites for hydroxylation is 1. The molecular formula is C18H13BrN2O. The fourth-order valence-electron chi connectivity index (χ4n) is 2.47. The molecule has 0 bridgehead atoms. The van der Waals surface area contributed by atoms with Crippen LogP contribution in [-0.4, -0.2) is 9.97 Å². The second-order valence-electron chi connectivity index (χ2n) is 5.28. The van der Waals surface area contributed by atoms with Gasteiger partial charge in [-0.2, -0.15) is 0 Å². The minimum atomic E-state index is 0.742. The fraction of sp³-hybridized carbons (Fsp3) is 0.0556. The van der Waals surface area contributed by atoms with Crippen molar-refractivity contribution in [2.24, 2.45) is 0 Å². The molecule has 4 heteroatoms. The van der Waals surface area contributed by atoms with E-state index in [-0.39, 0.29) is 0 Å². The maximum atomic E-state index is 5.95. The molecule has 22 heavy (non-hydrogen) atoms. The number of fused-ring (bicyclic) bond motifs is 1. The molecule has 0 atom stereocenters. The van der Waals surface area contributed by atoms with Gasteiger partial charge in [-0.15, -0.1) is 0 Å². The average molecular weight is 353 g/mol. The number of aromatic nitrogens is 2. The van der Waals surface area contributed by atoms with Crippen LogP contribution in [0.4, 0.5) is 0 Å². The van der Waals surface area contributed by atoms with Crippen molar-refractivity contribution in [2.75, 3.05) is 0 Å². The first-order chi connectivity index (χ1) is 10.7. The van der Waals surface area contributed by atoms with Crippen molar-refractivity contribution in [2.45, 2.75) is 6.92 Å². The zero-order chi connectivity index (χ0) is 15.1. The van der Waals surface area contributed by atoms with E-state index in [0.717, 1.165) is 38.4 Å². The van der Waals surface area contributed by atoms with Crippen LogP contribution < -0.4 is 0 Å². The molecule has 2 aromatic carbocycles. The first-order valence-corrected chi connectivity index (χ1v) is 7.81. The Hall–Kier alpha value is -2.33. The number of halogens is 1. The number of rotatable bonds is 2. The molecule has 2 heterocycles. The third-order valence-electron chi connectivity index (χ3n) is 3.61. The van der Waals surface area contributed by atoms with E-state index < -0.39 is 0 Å². The quantitative estimate of drug-likeness (QED) is 0.513. The van der Waals surface area contributed by atoms with E-state index >= 15 is 0 Å². The summed E-state index contributed by atoms with van der Waals surface area (Å²) in [7, 11) is 0. The topological polar surface area (TPSA) is 41.8 Å². The molecule has 0 amide bonds. The maximum absolute atomic E-state index is 5.95. The molecule has 1 N–H and O–H groups in total. The molecule has 0 fully saturated rings. The molecule has 0 unspecified atom stereocenters. The Bertz CT molecular complexity index is 951. The maximum Gasteiger partial charge on any atom is 0.174 e. The predicted octanol–water partition coefficient (Wildman–Crippen LogP) is 5.56. The summed E-state index contributed by atoms with van der Waals surface area (Å²) < 4.78 is 7.00. The molecule has 0 saturated heterocycles. The Morgan fingerprint density at radius 1 is 0.955 bits per heavy atom. The van der Waals surface area contributed by atoms with E-state index in [9.17, 15) is 0 Å². The van der Waals surface area contributed by atoms with E-state index in [1.54, 1.807) is 0 Å². The molecule has 0 aliphatic heterocycles. The third-order valence-corrected chi connectivity index (χ3v) is 4.13. The molecule has 0 saturated carbocycles. The summed E-state index contributed by atoms with van der Waals surface area (Å²) in [6, 6.07) is 18.1. The summed E-state index contributed by atoms with van der Waals surface area (Å²) in [5.74, 6) is 2.33. The number of nitrogens with zero attached hydrogens (tertiary/aromatic N) is 1. The van der Waals surface area contributed by atoms with Crippen molar-refractivity contribution >= 4 is 27.0 Å². The molecule has 4 rings (SSSR count). The summed E-state index contributed by atoms with van der Waals surface area (Å²) in [5, 5.41) is 0. The van der Waals surface area contributed by atoms with Crippen LogP contribution in [-0.2, 0) is 0 Å². The van der Waals surface area contributed by atoms with Crippen molar-refractivity contribution in [3.05, 3.63) is 64.6 Å². The molecule has 108 valence electrons. The summed E-state index contributed by atoms with van der Waals surface area (Å²) in [4.78, 5) is 7.90. The van der Waals surface area contributed by atoms with Crippen LogP contribution in [0, 0.1) is 6.92 Å². The van der Waals surface area contributed by atoms with Gasteiger partial charge in [-0.3, -0.25) is 0 Å². The summed E-state index contributed by atoms with van der Waals surface area (Å²) in [6.45, 7) is 2.07. The lowest BCUT2D eigenvalue weighted by Gasteiger charge is -1.97. The molecule has 0 spiro atoms. The number of nitrogens with one attached hydrogen (secondary N) is 1. The lowest BCUT2D eigenvalue weighted by Crippen LogP contribution is -1.75. The van der Waals surface area contributed by atoms with Gasteiger partial charge in [-0.25, -0.2) is 4.98 Å². The minimum Gasteiger partial charge on any atom is -0.453 e. The van der Waals surface area contributed by atoms with Crippen LogP contribution in [0.15, 0.2) is 63.5 Å². The highest BCUT2D eigenvalue weighted by atomic mass is 79.9. The molecule has 0 radical (unpaired) electrons. The predicted molar refractivity (Wildman–Crippen MR) is 91.7 cm³/mol. The van der Waals surface area contributed by atoms with E-state index in [1.807, 2.05) is 42.5 Å². The number of hydrogen-bond acceptors (Lipinski definition) is 2. The number of hydrogen-bond donors (Lipinski definition) is 1. The molecule has 0 aliphatic rings. The lowest BCUT2D eigenvalue weighted by molar-refractivity contribution is 0.593. The number of benzene rings is 2. The number of aromatic amines is 1. The molecule has 0 aliphatic carbocycles. The largest absolute Gasteiger partial charge is 0.453 e. The summed E-state index contributed by atoms with van der Waals surface area (Å²) in [5.41, 5.74) is 4.22. The molecule has 3 nitrogen and oxygen atoms in total. The Kier molecular flexibility index (Phi) is 3.12. The van der Waals surface area contributed by atoms with Crippen LogP contribution in [0.5, 0.6) is 0 Å². The van der Waals surface area contributed by atoms with Gasteiger partial charge in [0.2, 0.25) is 0 Å². The second-order valence-corrected chi connectivity index (χ2v) is 6.19. The Morgan fingerprint density at radius 3 is 2.55 bits per heavy atom. The van der Waals surface area contributed by atoms with Gasteiger partial charge in [0.05, 0.1) is 11.0 Å². The highest BCUT2D eigenvalue weighted by Crippen LogP contribution is 2.29. The third kappa shape index (κ3) is 2.35. The van der Waals surface area contributed by atoms with Crippen LogP contribution in [0.25, 0.3) is 33.9 Å². The van der Waals surface area contributed by atoms with Gasteiger partial charge in [0.25, 0.3) is 0 Å². The van der Waals surface area contributed by atoms with Gasteiger partial charge in [-0.05, 0) is 48.9 Å². The smallest absolute Gasteiger partial charge is 0.174 e. The summed E-state index contributed by atoms with van der Waals surface area (Å²) >= 11 is 3.44. The molecule has 2 aromatic heterocycles. The summed E-state index contributed by atoms with van der Waals surface area (Å²) in [6.07, 6.45) is 0. The lowest BCUT2D eigenvalue weighted by atomic mass is 10.2. The van der Waals surface area contributed by atoms with Crippen LogP contribution in [0.1, 0.15) is 5.56 Å². The highest BCUT2D eigenvalue weighted by Gasteiger charge is 2.11. The zero-order valence-corrected chi connectivity index (χ0v) is 13.5. The second kappa shape index (κ2) is 5.14. The van der Waals surface area contributed by atoms with Crippen molar-refractivity contribution in [3.63, 3.8) is 0 Å². The van der Waals surface area contributed by atoms with Gasteiger partial charge < -0.3 is 9.40 Å². The van der Waals surface area contributed by atoms with Crippen molar-refractivity contribution in [1.29, 1.82) is 0 Å². The zero-order valence-electron chi connectivity index (χ0n) is 11.9. The van der Waals surface area contributed by atoms with Crippen LogP contribution in [0.2, 0.25) is 0 Å². The van der Waals surface area contributed by atoms with Crippen molar-refractivity contribution < 1.29 is 4.42 Å². The number of imidazole rings is 1. The monoisotopic (exact) mass is 352 g/mol. The highest BCUT2D eigenvalue weighted by molar-refractivity contribution is 9.10. The normalized spacial score (nSPS) is 11.2. The van der Waals surface area contributed by atoms with Gasteiger partial charge in [0.15, 0.2) is 11.6 Å². The molecule has 4 aromatic rings. The van der Waals surface area contributed by atoms with Crippen LogP contribution in [0.3, 0.4) is 0 Å². The van der Waals surface area contributed by atoms with Gasteiger partial charge in [-0.1, -0.05) is 34.1 Å². The number of H-pyrrole nitrogens is 1. The Balaban J connectivity index is 1.74. The van der Waals surface area contributed by atoms with Crippen molar-refractivity contribution in [3.8, 4) is 22.9 Å². The van der Waals surface area contributed by atoms with Crippen LogP contribution >= 0.6 is 15.9 Å². The SMILES string of the molecule is Cc1ccc2nc(-c3ccc(-c4ccc(Br)cc4)o3)[nH]c2c1.